The molecule has 5 nitrogen and oxygen atoms in total. The van der Waals surface area contributed by atoms with Crippen LogP contribution in [0, 0.1) is 0 Å². The van der Waals surface area contributed by atoms with E-state index in [2.05, 4.69) is 26.2 Å². The molecule has 0 unspecified atom stereocenters. The van der Waals surface area contributed by atoms with Crippen LogP contribution in [0.2, 0.25) is 0 Å². The van der Waals surface area contributed by atoms with Gasteiger partial charge in [-0.1, -0.05) is 0 Å². The summed E-state index contributed by atoms with van der Waals surface area (Å²) in [4.78, 5) is 17.1. The fourth-order valence-electron chi connectivity index (χ4n) is 1.68. The average Bonchev–Trinajstić information content (AvgIpc) is 2.30. The number of hydrogen-bond donors (Lipinski definition) is 2. The first-order valence-corrected chi connectivity index (χ1v) is 5.79. The largest absolute Gasteiger partial charge is 0.480 e. The van der Waals surface area contributed by atoms with Gasteiger partial charge in [0.05, 0.1) is 0 Å². The Bertz CT molecular complexity index is 382. The number of hydrogen-bond acceptors (Lipinski definition) is 4. The van der Waals surface area contributed by atoms with Crippen LogP contribution in [0.4, 0.5) is 5.82 Å². The Balaban J connectivity index is 2.09. The van der Waals surface area contributed by atoms with Crippen molar-refractivity contribution in [2.75, 3.05) is 24.5 Å². The van der Waals surface area contributed by atoms with E-state index in [1.165, 1.54) is 0 Å². The van der Waals surface area contributed by atoms with Crippen molar-refractivity contribution in [2.24, 2.45) is 0 Å². The summed E-state index contributed by atoms with van der Waals surface area (Å²) < 4.78 is 0.918. The van der Waals surface area contributed by atoms with Gasteiger partial charge in [0.15, 0.2) is 0 Å². The van der Waals surface area contributed by atoms with Crippen LogP contribution < -0.4 is 10.2 Å². The van der Waals surface area contributed by atoms with Gasteiger partial charge in [-0.15, -0.1) is 0 Å². The summed E-state index contributed by atoms with van der Waals surface area (Å²) in [6.07, 6.45) is 1.72. The van der Waals surface area contributed by atoms with E-state index in [1.54, 1.807) is 6.20 Å². The number of pyridine rings is 1. The van der Waals surface area contributed by atoms with Crippen molar-refractivity contribution < 1.29 is 9.90 Å². The van der Waals surface area contributed by atoms with E-state index in [4.69, 9.17) is 5.11 Å². The molecule has 1 aromatic heterocycles. The molecule has 1 aromatic rings. The zero-order chi connectivity index (χ0) is 11.5. The normalized spacial score (nSPS) is 20.8. The van der Waals surface area contributed by atoms with Gasteiger partial charge in [-0.25, -0.2) is 4.98 Å². The lowest BCUT2D eigenvalue weighted by molar-refractivity contribution is -0.139. The van der Waals surface area contributed by atoms with E-state index >= 15 is 0 Å². The predicted octanol–water partition coefficient (Wildman–Crippen LogP) is 0.707. The van der Waals surface area contributed by atoms with Crippen molar-refractivity contribution in [1.82, 2.24) is 10.3 Å². The number of carbonyl (C=O) groups is 1. The van der Waals surface area contributed by atoms with E-state index in [0.717, 1.165) is 16.8 Å². The molecule has 0 spiro atoms. The van der Waals surface area contributed by atoms with Gasteiger partial charge in [0, 0.05) is 30.3 Å². The SMILES string of the molecule is O=C(O)[C@H]1CN(c2ccc(Br)cn2)CCN1. The number of nitrogens with zero attached hydrogens (tertiary/aromatic N) is 2. The first-order chi connectivity index (χ1) is 7.66. The Morgan fingerprint density at radius 1 is 1.62 bits per heavy atom. The molecule has 1 aliphatic rings. The van der Waals surface area contributed by atoms with Crippen molar-refractivity contribution >= 4 is 27.7 Å². The Kier molecular flexibility index (Phi) is 3.40. The highest BCUT2D eigenvalue weighted by molar-refractivity contribution is 9.10. The number of rotatable bonds is 2. The van der Waals surface area contributed by atoms with Crippen LogP contribution in [0.5, 0.6) is 0 Å². The summed E-state index contributed by atoms with van der Waals surface area (Å²) in [6, 6.07) is 3.27. The highest BCUT2D eigenvalue weighted by Crippen LogP contribution is 2.16. The van der Waals surface area contributed by atoms with Gasteiger partial charge >= 0.3 is 5.97 Å². The van der Waals surface area contributed by atoms with E-state index in [-0.39, 0.29) is 0 Å². The summed E-state index contributed by atoms with van der Waals surface area (Å²) in [5.74, 6) is -0.00207. The van der Waals surface area contributed by atoms with Crippen molar-refractivity contribution in [3.8, 4) is 0 Å². The van der Waals surface area contributed by atoms with Crippen molar-refractivity contribution in [2.45, 2.75) is 6.04 Å². The van der Waals surface area contributed by atoms with Gasteiger partial charge in [0.1, 0.15) is 11.9 Å². The summed E-state index contributed by atoms with van der Waals surface area (Å²) in [7, 11) is 0. The number of nitrogens with one attached hydrogen (secondary N) is 1. The average molecular weight is 286 g/mol. The number of aliphatic carboxylic acids is 1. The number of anilines is 1. The third-order valence-electron chi connectivity index (χ3n) is 2.51. The standard InChI is InChI=1S/C10H12BrN3O2/c11-7-1-2-9(13-5-7)14-4-3-12-8(6-14)10(15)16/h1-2,5,8,12H,3-4,6H2,(H,15,16)/t8-/m1/s1. The minimum atomic E-state index is -0.818. The monoisotopic (exact) mass is 285 g/mol. The summed E-state index contributed by atoms with van der Waals surface area (Å²) in [6.45, 7) is 1.89. The van der Waals surface area contributed by atoms with Gasteiger partial charge in [-0.05, 0) is 28.1 Å². The Morgan fingerprint density at radius 3 is 3.06 bits per heavy atom. The fraction of sp³-hybridized carbons (Fsp3) is 0.400. The van der Waals surface area contributed by atoms with Crippen LogP contribution in [0.3, 0.4) is 0 Å². The molecule has 1 fully saturated rings. The second-order valence-corrected chi connectivity index (χ2v) is 4.54. The Labute approximate surface area is 102 Å². The Hall–Kier alpha value is -1.14. The van der Waals surface area contributed by atoms with Crippen LogP contribution in [-0.2, 0) is 4.79 Å². The minimum absolute atomic E-state index is 0.448. The molecule has 2 rings (SSSR count). The van der Waals surface area contributed by atoms with Crippen LogP contribution in [0.15, 0.2) is 22.8 Å². The molecular weight excluding hydrogens is 274 g/mol. The lowest BCUT2D eigenvalue weighted by Crippen LogP contribution is -2.54. The van der Waals surface area contributed by atoms with Gasteiger partial charge < -0.3 is 15.3 Å². The molecule has 6 heteroatoms. The molecule has 1 saturated heterocycles. The molecule has 1 aliphatic heterocycles. The van der Waals surface area contributed by atoms with Gasteiger partial charge in [-0.2, -0.15) is 0 Å². The molecule has 2 N–H and O–H groups in total. The van der Waals surface area contributed by atoms with Crippen molar-refractivity contribution in [1.29, 1.82) is 0 Å². The lowest BCUT2D eigenvalue weighted by Gasteiger charge is -2.32. The highest BCUT2D eigenvalue weighted by Gasteiger charge is 2.25. The van der Waals surface area contributed by atoms with E-state index < -0.39 is 12.0 Å². The topological polar surface area (TPSA) is 65.5 Å². The second-order valence-electron chi connectivity index (χ2n) is 3.63. The molecule has 0 radical (unpaired) electrons. The van der Waals surface area contributed by atoms with Gasteiger partial charge in [0.2, 0.25) is 0 Å². The van der Waals surface area contributed by atoms with Crippen LogP contribution in [0.25, 0.3) is 0 Å². The zero-order valence-corrected chi connectivity index (χ0v) is 10.1. The number of carboxylic acids is 1. The zero-order valence-electron chi connectivity index (χ0n) is 8.56. The Morgan fingerprint density at radius 2 is 2.44 bits per heavy atom. The summed E-state index contributed by atoms with van der Waals surface area (Å²) in [5.41, 5.74) is 0. The first kappa shape index (κ1) is 11.3. The molecular formula is C10H12BrN3O2. The molecule has 0 saturated carbocycles. The molecule has 0 amide bonds. The quantitative estimate of drug-likeness (QED) is 0.838. The van der Waals surface area contributed by atoms with Crippen LogP contribution in [-0.4, -0.2) is 41.7 Å². The molecule has 86 valence electrons. The first-order valence-electron chi connectivity index (χ1n) is 4.99. The number of halogens is 1. The summed E-state index contributed by atoms with van der Waals surface area (Å²) in [5, 5.41) is 11.9. The lowest BCUT2D eigenvalue weighted by atomic mass is 10.2. The minimum Gasteiger partial charge on any atom is -0.480 e. The number of aromatic nitrogens is 1. The number of piperazine rings is 1. The molecule has 1 atom stereocenters. The third-order valence-corrected chi connectivity index (χ3v) is 2.98. The molecule has 2 heterocycles. The molecule has 0 bridgehead atoms. The smallest absolute Gasteiger partial charge is 0.322 e. The maximum absolute atomic E-state index is 10.9. The fourth-order valence-corrected chi connectivity index (χ4v) is 1.91. The maximum atomic E-state index is 10.9. The van der Waals surface area contributed by atoms with Crippen LogP contribution >= 0.6 is 15.9 Å². The van der Waals surface area contributed by atoms with Crippen molar-refractivity contribution in [3.63, 3.8) is 0 Å². The van der Waals surface area contributed by atoms with Crippen LogP contribution in [0.1, 0.15) is 0 Å². The molecule has 0 aliphatic carbocycles. The predicted molar refractivity (Wildman–Crippen MR) is 63.6 cm³/mol. The molecule has 16 heavy (non-hydrogen) atoms. The molecule has 0 aromatic carbocycles. The maximum Gasteiger partial charge on any atom is 0.322 e. The van der Waals surface area contributed by atoms with Crippen molar-refractivity contribution in [3.05, 3.63) is 22.8 Å². The van der Waals surface area contributed by atoms with Gasteiger partial charge in [0.25, 0.3) is 0 Å². The third kappa shape index (κ3) is 2.51. The van der Waals surface area contributed by atoms with Gasteiger partial charge in [-0.3, -0.25) is 4.79 Å². The number of carboxylic acid groups (broad SMARTS) is 1. The van der Waals surface area contributed by atoms with E-state index in [1.807, 2.05) is 17.0 Å². The summed E-state index contributed by atoms with van der Waals surface area (Å²) >= 11 is 3.32. The van der Waals surface area contributed by atoms with E-state index in [9.17, 15) is 4.79 Å². The van der Waals surface area contributed by atoms with E-state index in [0.29, 0.717) is 13.1 Å². The highest BCUT2D eigenvalue weighted by atomic mass is 79.9. The second kappa shape index (κ2) is 4.80.